The molecule has 0 atom stereocenters. The number of carbonyl (C=O) groups excluding carboxylic acids is 1. The Hall–Kier alpha value is -2.99. The minimum atomic E-state index is -0.290. The average Bonchev–Trinajstić information content (AvgIpc) is 3.24. The molecular weight excluding hydrogens is 390 g/mol. The van der Waals surface area contributed by atoms with Crippen LogP contribution >= 0.6 is 0 Å². The van der Waals surface area contributed by atoms with E-state index in [-0.39, 0.29) is 5.97 Å². The Bertz CT molecular complexity index is 1020. The van der Waals surface area contributed by atoms with Gasteiger partial charge in [-0.3, -0.25) is 4.90 Å². The zero-order valence-electron chi connectivity index (χ0n) is 18.4. The molecule has 6 heteroatoms. The normalized spacial score (nSPS) is 14.7. The van der Waals surface area contributed by atoms with Gasteiger partial charge in [-0.15, -0.1) is 0 Å². The maximum Gasteiger partial charge on any atom is 0.337 e. The first kappa shape index (κ1) is 21.2. The van der Waals surface area contributed by atoms with Gasteiger partial charge in [0.2, 0.25) is 0 Å². The van der Waals surface area contributed by atoms with Crippen molar-refractivity contribution in [2.75, 3.05) is 51.8 Å². The lowest BCUT2D eigenvalue weighted by molar-refractivity contribution is 0.0601. The molecule has 1 aromatic heterocycles. The first-order chi connectivity index (χ1) is 15.2. The predicted molar refractivity (Wildman–Crippen MR) is 124 cm³/mol. The van der Waals surface area contributed by atoms with Gasteiger partial charge in [0.05, 0.1) is 19.8 Å². The van der Waals surface area contributed by atoms with Crippen LogP contribution in [0.25, 0.3) is 10.9 Å². The third-order valence-corrected chi connectivity index (χ3v) is 6.15. The summed E-state index contributed by atoms with van der Waals surface area (Å²) >= 11 is 0. The van der Waals surface area contributed by atoms with Gasteiger partial charge in [0.1, 0.15) is 5.75 Å². The van der Waals surface area contributed by atoms with Crippen LogP contribution in [-0.4, -0.2) is 62.8 Å². The standard InChI is InChI=1S/C25H31N3O3/c1-30-22-8-5-7-21(17-22)28-14-12-27(13-15-28)11-4-3-6-20-18-26-24-10-9-19(16-23(20)24)25(29)31-2/h5,7-10,16-18,26H,3-4,6,11-15H2,1-2H3. The molecule has 0 amide bonds. The highest BCUT2D eigenvalue weighted by molar-refractivity contribution is 5.95. The molecule has 1 fully saturated rings. The fourth-order valence-corrected chi connectivity index (χ4v) is 4.32. The highest BCUT2D eigenvalue weighted by Crippen LogP contribution is 2.23. The summed E-state index contributed by atoms with van der Waals surface area (Å²) < 4.78 is 10.2. The largest absolute Gasteiger partial charge is 0.497 e. The van der Waals surface area contributed by atoms with Crippen molar-refractivity contribution < 1.29 is 14.3 Å². The Labute approximate surface area is 183 Å². The van der Waals surface area contributed by atoms with Crippen LogP contribution in [0.3, 0.4) is 0 Å². The van der Waals surface area contributed by atoms with E-state index in [1.165, 1.54) is 24.8 Å². The van der Waals surface area contributed by atoms with Crippen molar-refractivity contribution in [1.82, 2.24) is 9.88 Å². The van der Waals surface area contributed by atoms with Gasteiger partial charge in [-0.2, -0.15) is 0 Å². The number of benzene rings is 2. The average molecular weight is 422 g/mol. The number of nitrogens with one attached hydrogen (secondary N) is 1. The first-order valence-corrected chi connectivity index (χ1v) is 11.0. The molecule has 1 N–H and O–H groups in total. The summed E-state index contributed by atoms with van der Waals surface area (Å²) in [5.41, 5.74) is 4.18. The van der Waals surface area contributed by atoms with Crippen LogP contribution in [0, 0.1) is 0 Å². The van der Waals surface area contributed by atoms with Gasteiger partial charge in [-0.1, -0.05) is 6.07 Å². The van der Waals surface area contributed by atoms with E-state index in [9.17, 15) is 4.79 Å². The van der Waals surface area contributed by atoms with Crippen LogP contribution < -0.4 is 9.64 Å². The summed E-state index contributed by atoms with van der Waals surface area (Å²) in [6.07, 6.45) is 5.38. The van der Waals surface area contributed by atoms with Crippen molar-refractivity contribution >= 4 is 22.6 Å². The van der Waals surface area contributed by atoms with Crippen molar-refractivity contribution in [2.24, 2.45) is 0 Å². The summed E-state index contributed by atoms with van der Waals surface area (Å²) in [6.45, 7) is 5.40. The van der Waals surface area contributed by atoms with E-state index in [4.69, 9.17) is 9.47 Å². The molecule has 1 saturated heterocycles. The number of anilines is 1. The van der Waals surface area contributed by atoms with E-state index in [2.05, 4.69) is 39.2 Å². The number of methoxy groups -OCH3 is 2. The summed E-state index contributed by atoms with van der Waals surface area (Å²) in [5, 5.41) is 1.12. The minimum Gasteiger partial charge on any atom is -0.497 e. The van der Waals surface area contributed by atoms with Crippen LogP contribution in [0.2, 0.25) is 0 Å². The Balaban J connectivity index is 1.24. The van der Waals surface area contributed by atoms with Gasteiger partial charge >= 0.3 is 5.97 Å². The number of fused-ring (bicyclic) bond motifs is 1. The van der Waals surface area contributed by atoms with E-state index < -0.39 is 0 Å². The molecule has 0 unspecified atom stereocenters. The lowest BCUT2D eigenvalue weighted by Gasteiger charge is -2.36. The maximum absolute atomic E-state index is 11.8. The molecule has 6 nitrogen and oxygen atoms in total. The van der Waals surface area contributed by atoms with E-state index in [0.717, 1.165) is 62.2 Å². The molecule has 1 aliphatic rings. The number of carbonyl (C=O) groups is 1. The molecule has 1 aliphatic heterocycles. The maximum atomic E-state index is 11.8. The summed E-state index contributed by atoms with van der Waals surface area (Å²) in [7, 11) is 3.13. The molecule has 164 valence electrons. The molecule has 3 aromatic rings. The molecule has 2 heterocycles. The fourth-order valence-electron chi connectivity index (χ4n) is 4.32. The van der Waals surface area contributed by atoms with Crippen LogP contribution in [0.4, 0.5) is 5.69 Å². The van der Waals surface area contributed by atoms with Crippen LogP contribution in [0.1, 0.15) is 28.8 Å². The number of aromatic amines is 1. The third kappa shape index (κ3) is 5.02. The fraction of sp³-hybridized carbons (Fsp3) is 0.400. The SMILES string of the molecule is COC(=O)c1ccc2[nH]cc(CCCCN3CCN(c4cccc(OC)c4)CC3)c2c1. The second-order valence-corrected chi connectivity index (χ2v) is 8.05. The Morgan fingerprint density at radius 3 is 2.65 bits per heavy atom. The molecule has 4 rings (SSSR count). The molecule has 0 radical (unpaired) electrons. The minimum absolute atomic E-state index is 0.290. The lowest BCUT2D eigenvalue weighted by Crippen LogP contribution is -2.46. The molecule has 0 bridgehead atoms. The highest BCUT2D eigenvalue weighted by Gasteiger charge is 2.17. The van der Waals surface area contributed by atoms with Gasteiger partial charge in [0, 0.05) is 55.0 Å². The van der Waals surface area contributed by atoms with Crippen LogP contribution in [-0.2, 0) is 11.2 Å². The zero-order valence-corrected chi connectivity index (χ0v) is 18.4. The molecule has 2 aromatic carbocycles. The topological polar surface area (TPSA) is 57.8 Å². The van der Waals surface area contributed by atoms with Crippen molar-refractivity contribution in [1.29, 1.82) is 0 Å². The zero-order chi connectivity index (χ0) is 21.6. The monoisotopic (exact) mass is 421 g/mol. The number of esters is 1. The molecule has 0 spiro atoms. The van der Waals surface area contributed by atoms with E-state index in [1.807, 2.05) is 18.2 Å². The van der Waals surface area contributed by atoms with Gasteiger partial charge in [-0.05, 0) is 61.7 Å². The summed E-state index contributed by atoms with van der Waals surface area (Å²) in [4.78, 5) is 20.1. The van der Waals surface area contributed by atoms with Crippen molar-refractivity contribution in [3.05, 3.63) is 59.8 Å². The quantitative estimate of drug-likeness (QED) is 0.438. The lowest BCUT2D eigenvalue weighted by atomic mass is 10.0. The second-order valence-electron chi connectivity index (χ2n) is 8.05. The number of rotatable bonds is 8. The van der Waals surface area contributed by atoms with Crippen molar-refractivity contribution in [3.8, 4) is 5.75 Å². The third-order valence-electron chi connectivity index (χ3n) is 6.15. The first-order valence-electron chi connectivity index (χ1n) is 11.0. The van der Waals surface area contributed by atoms with Crippen LogP contribution in [0.5, 0.6) is 5.75 Å². The second kappa shape index (κ2) is 9.88. The smallest absolute Gasteiger partial charge is 0.337 e. The van der Waals surface area contributed by atoms with Crippen molar-refractivity contribution in [2.45, 2.75) is 19.3 Å². The summed E-state index contributed by atoms with van der Waals surface area (Å²) in [6, 6.07) is 14.0. The number of nitrogens with zero attached hydrogens (tertiary/aromatic N) is 2. The van der Waals surface area contributed by atoms with Gasteiger partial charge in [-0.25, -0.2) is 4.79 Å². The molecule has 0 aliphatic carbocycles. The highest BCUT2D eigenvalue weighted by atomic mass is 16.5. The van der Waals surface area contributed by atoms with Gasteiger partial charge in [0.15, 0.2) is 0 Å². The van der Waals surface area contributed by atoms with E-state index >= 15 is 0 Å². The number of piperazine rings is 1. The Morgan fingerprint density at radius 1 is 1.03 bits per heavy atom. The van der Waals surface area contributed by atoms with Crippen molar-refractivity contribution in [3.63, 3.8) is 0 Å². The van der Waals surface area contributed by atoms with Crippen LogP contribution in [0.15, 0.2) is 48.7 Å². The van der Waals surface area contributed by atoms with Gasteiger partial charge in [0.25, 0.3) is 0 Å². The molecular formula is C25H31N3O3. The number of aryl methyl sites for hydroxylation is 1. The number of unbranched alkanes of at least 4 members (excludes halogenated alkanes) is 1. The Kier molecular flexibility index (Phi) is 6.77. The predicted octanol–water partition coefficient (Wildman–Crippen LogP) is 4.11. The number of hydrogen-bond donors (Lipinski definition) is 1. The van der Waals surface area contributed by atoms with E-state index in [1.54, 1.807) is 13.2 Å². The summed E-state index contributed by atoms with van der Waals surface area (Å²) in [5.74, 6) is 0.623. The molecule has 0 saturated carbocycles. The van der Waals surface area contributed by atoms with E-state index in [0.29, 0.717) is 5.56 Å². The number of H-pyrrole nitrogens is 1. The van der Waals surface area contributed by atoms with Gasteiger partial charge < -0.3 is 19.4 Å². The number of ether oxygens (including phenoxy) is 2. The number of aromatic nitrogens is 1. The molecule has 31 heavy (non-hydrogen) atoms. The number of hydrogen-bond acceptors (Lipinski definition) is 5. The Morgan fingerprint density at radius 2 is 1.87 bits per heavy atom.